The molecule has 0 saturated heterocycles. The fraction of sp³-hybridized carbons (Fsp3) is 0.0769. The van der Waals surface area contributed by atoms with Crippen molar-refractivity contribution in [3.63, 3.8) is 0 Å². The van der Waals surface area contributed by atoms with E-state index in [-0.39, 0.29) is 0 Å². The summed E-state index contributed by atoms with van der Waals surface area (Å²) < 4.78 is 0. The monoisotopic (exact) mass is 207 g/mol. The molecule has 2 aromatic rings. The molecule has 0 aliphatic carbocycles. The molecule has 1 aliphatic rings. The molecule has 0 radical (unpaired) electrons. The molecule has 0 saturated carbocycles. The summed E-state index contributed by atoms with van der Waals surface area (Å²) in [6, 6.07) is 12.1. The smallest absolute Gasteiger partial charge is 0.135 e. The number of nitriles is 1. The van der Waals surface area contributed by atoms with Gasteiger partial charge in [0.15, 0.2) is 0 Å². The van der Waals surface area contributed by atoms with E-state index in [0.717, 1.165) is 23.5 Å². The number of aromatic nitrogens is 1. The zero-order valence-electron chi connectivity index (χ0n) is 8.57. The average molecular weight is 207 g/mol. The van der Waals surface area contributed by atoms with E-state index in [1.54, 1.807) is 12.3 Å². The van der Waals surface area contributed by atoms with E-state index >= 15 is 0 Å². The van der Waals surface area contributed by atoms with E-state index in [9.17, 15) is 0 Å². The molecule has 0 bridgehead atoms. The Morgan fingerprint density at radius 3 is 3.00 bits per heavy atom. The van der Waals surface area contributed by atoms with Crippen LogP contribution in [0.4, 0.5) is 11.5 Å². The molecule has 76 valence electrons. The molecule has 3 nitrogen and oxygen atoms in total. The van der Waals surface area contributed by atoms with Gasteiger partial charge in [0.2, 0.25) is 0 Å². The van der Waals surface area contributed by atoms with E-state index in [2.05, 4.69) is 22.4 Å². The minimum atomic E-state index is 0.701. The van der Waals surface area contributed by atoms with Crippen LogP contribution in [0, 0.1) is 11.3 Å². The third-order valence-electron chi connectivity index (χ3n) is 2.81. The Morgan fingerprint density at radius 2 is 2.12 bits per heavy atom. The SMILES string of the molecule is N#Cc1ccnc2c1Cc1ccccc1N2. The standard InChI is InChI=1S/C13H9N3/c14-8-10-5-6-15-13-11(10)7-9-3-1-2-4-12(9)16-13/h1-6H,7H2,(H,15,16). The fourth-order valence-electron chi connectivity index (χ4n) is 2.00. The van der Waals surface area contributed by atoms with Gasteiger partial charge in [-0.1, -0.05) is 18.2 Å². The quantitative estimate of drug-likeness (QED) is 0.616. The molecule has 3 rings (SSSR count). The van der Waals surface area contributed by atoms with Gasteiger partial charge in [-0.3, -0.25) is 0 Å². The Labute approximate surface area is 93.4 Å². The molecule has 1 aromatic heterocycles. The number of nitrogens with one attached hydrogen (secondary N) is 1. The first-order valence-corrected chi connectivity index (χ1v) is 5.11. The number of fused-ring (bicyclic) bond motifs is 2. The van der Waals surface area contributed by atoms with Gasteiger partial charge in [-0.25, -0.2) is 4.98 Å². The number of hydrogen-bond acceptors (Lipinski definition) is 3. The Bertz CT molecular complexity index is 596. The summed E-state index contributed by atoms with van der Waals surface area (Å²) in [6.07, 6.45) is 2.44. The lowest BCUT2D eigenvalue weighted by Crippen LogP contribution is -2.09. The average Bonchev–Trinajstić information content (AvgIpc) is 2.35. The first-order valence-electron chi connectivity index (χ1n) is 5.11. The minimum Gasteiger partial charge on any atom is -0.340 e. The summed E-state index contributed by atoms with van der Waals surface area (Å²) in [7, 11) is 0. The van der Waals surface area contributed by atoms with Crippen LogP contribution in [0.5, 0.6) is 0 Å². The minimum absolute atomic E-state index is 0.701. The van der Waals surface area contributed by atoms with Crippen molar-refractivity contribution < 1.29 is 0 Å². The van der Waals surface area contributed by atoms with Crippen LogP contribution in [0.1, 0.15) is 16.7 Å². The summed E-state index contributed by atoms with van der Waals surface area (Å²) in [4.78, 5) is 4.26. The van der Waals surface area contributed by atoms with Crippen molar-refractivity contribution in [1.29, 1.82) is 5.26 Å². The fourth-order valence-corrected chi connectivity index (χ4v) is 2.00. The highest BCUT2D eigenvalue weighted by atomic mass is 15.0. The molecule has 16 heavy (non-hydrogen) atoms. The molecule has 0 atom stereocenters. The van der Waals surface area contributed by atoms with Gasteiger partial charge in [0.1, 0.15) is 5.82 Å². The van der Waals surface area contributed by atoms with Crippen molar-refractivity contribution in [2.24, 2.45) is 0 Å². The molecule has 0 spiro atoms. The lowest BCUT2D eigenvalue weighted by atomic mass is 9.97. The predicted molar refractivity (Wildman–Crippen MR) is 61.5 cm³/mol. The van der Waals surface area contributed by atoms with Crippen molar-refractivity contribution in [2.45, 2.75) is 6.42 Å². The van der Waals surface area contributed by atoms with E-state index in [4.69, 9.17) is 5.26 Å². The molecule has 3 heteroatoms. The van der Waals surface area contributed by atoms with Crippen LogP contribution < -0.4 is 5.32 Å². The van der Waals surface area contributed by atoms with Gasteiger partial charge in [-0.2, -0.15) is 5.26 Å². The first-order chi connectivity index (χ1) is 7.88. The summed E-state index contributed by atoms with van der Waals surface area (Å²) in [5.74, 6) is 0.803. The molecular weight excluding hydrogens is 198 g/mol. The van der Waals surface area contributed by atoms with E-state index < -0.39 is 0 Å². The lowest BCUT2D eigenvalue weighted by molar-refractivity contribution is 1.10. The zero-order valence-corrected chi connectivity index (χ0v) is 8.57. The number of rotatable bonds is 0. The second-order valence-electron chi connectivity index (χ2n) is 3.76. The van der Waals surface area contributed by atoms with E-state index in [1.807, 2.05) is 18.2 Å². The van der Waals surface area contributed by atoms with Gasteiger partial charge in [0, 0.05) is 23.9 Å². The molecule has 2 heterocycles. The summed E-state index contributed by atoms with van der Waals surface area (Å²) in [5, 5.41) is 12.3. The van der Waals surface area contributed by atoms with Gasteiger partial charge < -0.3 is 5.32 Å². The van der Waals surface area contributed by atoms with Crippen LogP contribution in [0.3, 0.4) is 0 Å². The maximum atomic E-state index is 9.04. The van der Waals surface area contributed by atoms with Crippen LogP contribution in [-0.2, 0) is 6.42 Å². The number of benzene rings is 1. The second-order valence-corrected chi connectivity index (χ2v) is 3.76. The zero-order chi connectivity index (χ0) is 11.0. The predicted octanol–water partition coefficient (Wildman–Crippen LogP) is 2.60. The highest BCUT2D eigenvalue weighted by Crippen LogP contribution is 2.32. The third-order valence-corrected chi connectivity index (χ3v) is 2.81. The van der Waals surface area contributed by atoms with Crippen LogP contribution in [-0.4, -0.2) is 4.98 Å². The van der Waals surface area contributed by atoms with Crippen LogP contribution in [0.2, 0.25) is 0 Å². The van der Waals surface area contributed by atoms with E-state index in [1.165, 1.54) is 5.56 Å². The largest absolute Gasteiger partial charge is 0.340 e. The Kier molecular flexibility index (Phi) is 1.87. The summed E-state index contributed by atoms with van der Waals surface area (Å²) in [6.45, 7) is 0. The molecule has 1 aliphatic heterocycles. The normalized spacial score (nSPS) is 11.9. The van der Waals surface area contributed by atoms with Crippen molar-refractivity contribution in [2.75, 3.05) is 5.32 Å². The number of nitrogens with zero attached hydrogens (tertiary/aromatic N) is 2. The van der Waals surface area contributed by atoms with Crippen LogP contribution >= 0.6 is 0 Å². The number of anilines is 2. The Balaban J connectivity index is 2.16. The van der Waals surface area contributed by atoms with Crippen LogP contribution in [0.25, 0.3) is 0 Å². The van der Waals surface area contributed by atoms with Crippen molar-refractivity contribution in [3.05, 3.63) is 53.2 Å². The Hall–Kier alpha value is -2.34. The molecule has 0 amide bonds. The maximum Gasteiger partial charge on any atom is 0.135 e. The van der Waals surface area contributed by atoms with Gasteiger partial charge in [-0.05, 0) is 17.7 Å². The van der Waals surface area contributed by atoms with Gasteiger partial charge >= 0.3 is 0 Å². The number of hydrogen-bond donors (Lipinski definition) is 1. The highest BCUT2D eigenvalue weighted by molar-refractivity contribution is 5.70. The molecule has 1 N–H and O–H groups in total. The second kappa shape index (κ2) is 3.35. The van der Waals surface area contributed by atoms with Gasteiger partial charge in [0.05, 0.1) is 11.6 Å². The third kappa shape index (κ3) is 1.24. The van der Waals surface area contributed by atoms with Crippen molar-refractivity contribution >= 4 is 11.5 Å². The molecule has 0 unspecified atom stereocenters. The summed E-state index contributed by atoms with van der Waals surface area (Å²) >= 11 is 0. The Morgan fingerprint density at radius 1 is 1.25 bits per heavy atom. The first kappa shape index (κ1) is 8.93. The highest BCUT2D eigenvalue weighted by Gasteiger charge is 2.17. The number of pyridine rings is 1. The van der Waals surface area contributed by atoms with Gasteiger partial charge in [-0.15, -0.1) is 0 Å². The molecule has 1 aromatic carbocycles. The van der Waals surface area contributed by atoms with Crippen LogP contribution in [0.15, 0.2) is 36.5 Å². The van der Waals surface area contributed by atoms with Crippen molar-refractivity contribution in [1.82, 2.24) is 4.98 Å². The van der Waals surface area contributed by atoms with Crippen molar-refractivity contribution in [3.8, 4) is 6.07 Å². The number of para-hydroxylation sites is 1. The van der Waals surface area contributed by atoms with Gasteiger partial charge in [0.25, 0.3) is 0 Å². The van der Waals surface area contributed by atoms with E-state index in [0.29, 0.717) is 5.56 Å². The topological polar surface area (TPSA) is 48.7 Å². The summed E-state index contributed by atoms with van der Waals surface area (Å²) in [5.41, 5.74) is 3.98. The lowest BCUT2D eigenvalue weighted by Gasteiger charge is -2.20. The maximum absolute atomic E-state index is 9.04. The molecular formula is C13H9N3. The molecule has 0 fully saturated rings.